The number of methoxy groups -OCH3 is 1. The molecule has 3 unspecified atom stereocenters. The van der Waals surface area contributed by atoms with Gasteiger partial charge in [0.15, 0.2) is 0 Å². The second kappa shape index (κ2) is 11.5. The summed E-state index contributed by atoms with van der Waals surface area (Å²) < 4.78 is 9.81. The monoisotopic (exact) mass is 304 g/mol. The average molecular weight is 304 g/mol. The summed E-state index contributed by atoms with van der Waals surface area (Å²) in [6, 6.07) is -1.23. The Kier molecular flexibility index (Phi) is 10.8. The van der Waals surface area contributed by atoms with E-state index in [-0.39, 0.29) is 19.1 Å². The number of carbonyl (C=O) groups is 2. The number of unbranched alkanes of at least 4 members (excludes halogenated alkanes) is 1. The van der Waals surface area contributed by atoms with Crippen molar-refractivity contribution < 1.29 is 24.2 Å². The summed E-state index contributed by atoms with van der Waals surface area (Å²) >= 11 is 0. The maximum absolute atomic E-state index is 11.8. The van der Waals surface area contributed by atoms with Crippen LogP contribution in [0, 0.1) is 0 Å². The summed E-state index contributed by atoms with van der Waals surface area (Å²) in [4.78, 5) is 23.0. The molecular formula is C14H28N2O5. The quantitative estimate of drug-likeness (QED) is 0.362. The number of hydrogen-bond acceptors (Lipinski definition) is 6. The summed E-state index contributed by atoms with van der Waals surface area (Å²) in [6.45, 7) is 6.38. The summed E-state index contributed by atoms with van der Waals surface area (Å²) in [5, 5.41) is 15.1. The number of rotatable bonds is 11. The largest absolute Gasteiger partial charge is 0.467 e. The molecule has 0 bridgehead atoms. The summed E-state index contributed by atoms with van der Waals surface area (Å²) in [5.74, 6) is -0.827. The molecule has 3 N–H and O–H groups in total. The van der Waals surface area contributed by atoms with Gasteiger partial charge >= 0.3 is 5.97 Å². The summed E-state index contributed by atoms with van der Waals surface area (Å²) in [5.41, 5.74) is 0. The molecule has 0 heterocycles. The minimum absolute atomic E-state index is 0.236. The van der Waals surface area contributed by atoms with Gasteiger partial charge < -0.3 is 25.2 Å². The van der Waals surface area contributed by atoms with Gasteiger partial charge in [0.05, 0.1) is 25.9 Å². The maximum atomic E-state index is 11.8. The first-order valence-electron chi connectivity index (χ1n) is 7.29. The minimum atomic E-state index is -0.700. The van der Waals surface area contributed by atoms with Crippen molar-refractivity contribution in [3.05, 3.63) is 0 Å². The third kappa shape index (κ3) is 9.38. The lowest BCUT2D eigenvalue weighted by molar-refractivity contribution is -0.144. The number of hydrogen-bond donors (Lipinski definition) is 3. The normalized spacial score (nSPS) is 15.1. The van der Waals surface area contributed by atoms with Gasteiger partial charge in [0.25, 0.3) is 0 Å². The van der Waals surface area contributed by atoms with Gasteiger partial charge in [-0.05, 0) is 20.3 Å². The highest BCUT2D eigenvalue weighted by molar-refractivity contribution is 5.86. The van der Waals surface area contributed by atoms with E-state index >= 15 is 0 Å². The van der Waals surface area contributed by atoms with Crippen LogP contribution in [0.25, 0.3) is 0 Å². The second-order valence-electron chi connectivity index (χ2n) is 4.97. The van der Waals surface area contributed by atoms with Gasteiger partial charge in [-0.3, -0.25) is 4.79 Å². The van der Waals surface area contributed by atoms with E-state index in [4.69, 9.17) is 4.74 Å². The van der Waals surface area contributed by atoms with Crippen LogP contribution in [0.2, 0.25) is 0 Å². The lowest BCUT2D eigenvalue weighted by Crippen LogP contribution is -2.49. The number of amides is 1. The molecule has 124 valence electrons. The van der Waals surface area contributed by atoms with Crippen LogP contribution in [0.15, 0.2) is 0 Å². The van der Waals surface area contributed by atoms with Gasteiger partial charge in [0.2, 0.25) is 5.91 Å². The van der Waals surface area contributed by atoms with Crippen molar-refractivity contribution in [3.8, 4) is 0 Å². The van der Waals surface area contributed by atoms with E-state index in [1.807, 2.05) is 0 Å². The number of nitrogens with one attached hydrogen (secondary N) is 2. The third-order valence-electron chi connectivity index (χ3n) is 2.92. The predicted molar refractivity (Wildman–Crippen MR) is 78.8 cm³/mol. The highest BCUT2D eigenvalue weighted by atomic mass is 16.5. The zero-order chi connectivity index (χ0) is 16.3. The van der Waals surface area contributed by atoms with Gasteiger partial charge in [-0.1, -0.05) is 13.3 Å². The third-order valence-corrected chi connectivity index (χ3v) is 2.92. The molecule has 0 radical (unpaired) electrons. The lowest BCUT2D eigenvalue weighted by atomic mass is 10.2. The lowest BCUT2D eigenvalue weighted by Gasteiger charge is -2.19. The van der Waals surface area contributed by atoms with Crippen LogP contribution in [-0.4, -0.2) is 62.0 Å². The smallest absolute Gasteiger partial charge is 0.328 e. The van der Waals surface area contributed by atoms with Gasteiger partial charge in [-0.25, -0.2) is 4.79 Å². The first-order valence-corrected chi connectivity index (χ1v) is 7.29. The number of esters is 1. The van der Waals surface area contributed by atoms with E-state index in [1.54, 1.807) is 13.8 Å². The van der Waals surface area contributed by atoms with E-state index in [9.17, 15) is 14.7 Å². The van der Waals surface area contributed by atoms with Gasteiger partial charge in [-0.15, -0.1) is 0 Å². The molecule has 0 saturated heterocycles. The standard InChI is InChI=1S/C14H28N2O5/c1-5-6-7-21-9-12(17)8-15-10(2)13(18)16-11(3)14(19)20-4/h10-12,15,17H,5-9H2,1-4H3,(H,16,18). The van der Waals surface area contributed by atoms with Crippen LogP contribution in [-0.2, 0) is 19.1 Å². The maximum Gasteiger partial charge on any atom is 0.328 e. The number of aliphatic hydroxyl groups excluding tert-OH is 1. The van der Waals surface area contributed by atoms with Crippen molar-refractivity contribution in [2.75, 3.05) is 26.9 Å². The van der Waals surface area contributed by atoms with Crippen molar-refractivity contribution in [1.29, 1.82) is 0 Å². The number of carbonyl (C=O) groups excluding carboxylic acids is 2. The Morgan fingerprint density at radius 3 is 2.48 bits per heavy atom. The molecule has 3 atom stereocenters. The number of ether oxygens (including phenoxy) is 2. The van der Waals surface area contributed by atoms with E-state index in [1.165, 1.54) is 7.11 Å². The van der Waals surface area contributed by atoms with Crippen molar-refractivity contribution in [2.45, 2.75) is 51.8 Å². The molecule has 0 rings (SSSR count). The number of aliphatic hydroxyl groups is 1. The van der Waals surface area contributed by atoms with Gasteiger partial charge in [-0.2, -0.15) is 0 Å². The molecule has 7 nitrogen and oxygen atoms in total. The topological polar surface area (TPSA) is 96.9 Å². The SMILES string of the molecule is CCCCOCC(O)CNC(C)C(=O)NC(C)C(=O)OC. The van der Waals surface area contributed by atoms with Crippen LogP contribution >= 0.6 is 0 Å². The zero-order valence-corrected chi connectivity index (χ0v) is 13.3. The van der Waals surface area contributed by atoms with Crippen molar-refractivity contribution >= 4 is 11.9 Å². The van der Waals surface area contributed by atoms with E-state index in [0.717, 1.165) is 12.8 Å². The molecule has 0 fully saturated rings. The predicted octanol–water partition coefficient (Wildman–Crippen LogP) is -0.180. The minimum Gasteiger partial charge on any atom is -0.467 e. The molecular weight excluding hydrogens is 276 g/mol. The Morgan fingerprint density at radius 2 is 1.90 bits per heavy atom. The Morgan fingerprint density at radius 1 is 1.24 bits per heavy atom. The fourth-order valence-electron chi connectivity index (χ4n) is 1.50. The molecule has 0 aliphatic heterocycles. The highest BCUT2D eigenvalue weighted by Crippen LogP contribution is 1.93. The Balaban J connectivity index is 3.88. The first kappa shape index (κ1) is 19.8. The Hall–Kier alpha value is -1.18. The van der Waals surface area contributed by atoms with Crippen LogP contribution in [0.4, 0.5) is 0 Å². The molecule has 0 spiro atoms. The second-order valence-corrected chi connectivity index (χ2v) is 4.97. The molecule has 0 saturated carbocycles. The van der Waals surface area contributed by atoms with E-state index < -0.39 is 24.2 Å². The van der Waals surface area contributed by atoms with Crippen LogP contribution in [0.1, 0.15) is 33.6 Å². The van der Waals surface area contributed by atoms with E-state index in [0.29, 0.717) is 6.61 Å². The summed E-state index contributed by atoms with van der Waals surface area (Å²) in [7, 11) is 1.27. The molecule has 21 heavy (non-hydrogen) atoms. The highest BCUT2D eigenvalue weighted by Gasteiger charge is 2.20. The van der Waals surface area contributed by atoms with Crippen molar-refractivity contribution in [2.24, 2.45) is 0 Å². The fourth-order valence-corrected chi connectivity index (χ4v) is 1.50. The van der Waals surface area contributed by atoms with Crippen molar-refractivity contribution in [1.82, 2.24) is 10.6 Å². The molecule has 0 aromatic carbocycles. The van der Waals surface area contributed by atoms with Gasteiger partial charge in [0, 0.05) is 13.2 Å². The molecule has 0 aliphatic carbocycles. The van der Waals surface area contributed by atoms with Gasteiger partial charge in [0.1, 0.15) is 6.04 Å². The fraction of sp³-hybridized carbons (Fsp3) is 0.857. The Labute approximate surface area is 126 Å². The first-order chi connectivity index (χ1) is 9.92. The van der Waals surface area contributed by atoms with Crippen LogP contribution < -0.4 is 10.6 Å². The average Bonchev–Trinajstić information content (AvgIpc) is 2.47. The Bertz CT molecular complexity index is 312. The summed E-state index contributed by atoms with van der Waals surface area (Å²) in [6.07, 6.45) is 1.34. The van der Waals surface area contributed by atoms with Crippen molar-refractivity contribution in [3.63, 3.8) is 0 Å². The van der Waals surface area contributed by atoms with E-state index in [2.05, 4.69) is 22.3 Å². The van der Waals surface area contributed by atoms with Crippen LogP contribution in [0.3, 0.4) is 0 Å². The molecule has 7 heteroatoms. The van der Waals surface area contributed by atoms with Crippen LogP contribution in [0.5, 0.6) is 0 Å². The molecule has 0 aromatic rings. The molecule has 0 aliphatic rings. The zero-order valence-electron chi connectivity index (χ0n) is 13.3. The molecule has 0 aromatic heterocycles. The molecule has 1 amide bonds.